The second-order valence-corrected chi connectivity index (χ2v) is 5.80. The quantitative estimate of drug-likeness (QED) is 0.756. The molecule has 0 saturated carbocycles. The maximum absolute atomic E-state index is 12.3. The summed E-state index contributed by atoms with van der Waals surface area (Å²) in [7, 11) is 0. The Hall–Kier alpha value is -2.41. The zero-order valence-corrected chi connectivity index (χ0v) is 13.8. The molecular weight excluding hydrogens is 310 g/mol. The van der Waals surface area contributed by atoms with Crippen LogP contribution in [0.25, 0.3) is 0 Å². The lowest BCUT2D eigenvalue weighted by atomic mass is 9.96. The highest BCUT2D eigenvalue weighted by Gasteiger charge is 2.25. The van der Waals surface area contributed by atoms with Gasteiger partial charge in [0.05, 0.1) is 18.7 Å². The van der Waals surface area contributed by atoms with Crippen LogP contribution in [0, 0.1) is 5.92 Å². The monoisotopic (exact) mass is 333 g/mol. The Balaban J connectivity index is 1.84. The van der Waals surface area contributed by atoms with Gasteiger partial charge in [-0.3, -0.25) is 14.5 Å². The number of benzene rings is 1. The molecule has 130 valence electrons. The van der Waals surface area contributed by atoms with Gasteiger partial charge < -0.3 is 15.8 Å². The zero-order valence-electron chi connectivity index (χ0n) is 13.8. The highest BCUT2D eigenvalue weighted by atomic mass is 16.5. The van der Waals surface area contributed by atoms with Gasteiger partial charge in [-0.25, -0.2) is 4.79 Å². The molecule has 1 fully saturated rings. The van der Waals surface area contributed by atoms with Gasteiger partial charge in [0.15, 0.2) is 0 Å². The van der Waals surface area contributed by atoms with E-state index in [2.05, 4.69) is 5.32 Å². The van der Waals surface area contributed by atoms with Gasteiger partial charge in [-0.15, -0.1) is 0 Å². The first-order valence-corrected chi connectivity index (χ1v) is 8.08. The molecule has 0 radical (unpaired) electrons. The van der Waals surface area contributed by atoms with Crippen LogP contribution in [0.15, 0.2) is 24.3 Å². The molecule has 7 nitrogen and oxygen atoms in total. The smallest absolute Gasteiger partial charge is 0.338 e. The van der Waals surface area contributed by atoms with Gasteiger partial charge in [0.25, 0.3) is 0 Å². The van der Waals surface area contributed by atoms with Gasteiger partial charge in [0.1, 0.15) is 0 Å². The molecule has 2 amide bonds. The number of nitrogens with two attached hydrogens (primary N) is 1. The lowest BCUT2D eigenvalue weighted by molar-refractivity contribution is -0.122. The van der Waals surface area contributed by atoms with Gasteiger partial charge in [0, 0.05) is 11.6 Å². The van der Waals surface area contributed by atoms with Crippen molar-refractivity contribution in [1.82, 2.24) is 4.90 Å². The molecule has 3 N–H and O–H groups in total. The number of nitrogens with one attached hydrogen (secondary N) is 1. The normalized spacial score (nSPS) is 15.7. The minimum absolute atomic E-state index is 0.0439. The lowest BCUT2D eigenvalue weighted by Crippen LogP contribution is -2.42. The first-order valence-electron chi connectivity index (χ1n) is 8.08. The fourth-order valence-corrected chi connectivity index (χ4v) is 2.72. The zero-order chi connectivity index (χ0) is 17.5. The van der Waals surface area contributed by atoms with E-state index in [9.17, 15) is 14.4 Å². The summed E-state index contributed by atoms with van der Waals surface area (Å²) in [6.45, 7) is 3.68. The van der Waals surface area contributed by atoms with E-state index in [0.29, 0.717) is 43.8 Å². The number of carbonyl (C=O) groups excluding carboxylic acids is 3. The number of ether oxygens (including phenoxy) is 1. The van der Waals surface area contributed by atoms with Crippen molar-refractivity contribution in [3.05, 3.63) is 29.8 Å². The van der Waals surface area contributed by atoms with E-state index >= 15 is 0 Å². The predicted molar refractivity (Wildman–Crippen MR) is 89.4 cm³/mol. The molecule has 0 bridgehead atoms. The first kappa shape index (κ1) is 17.9. The second-order valence-electron chi connectivity index (χ2n) is 5.80. The van der Waals surface area contributed by atoms with Gasteiger partial charge in [-0.2, -0.15) is 0 Å². The lowest BCUT2D eigenvalue weighted by Gasteiger charge is -2.30. The fraction of sp³-hybridized carbons (Fsp3) is 0.471. The van der Waals surface area contributed by atoms with E-state index in [-0.39, 0.29) is 30.2 Å². The van der Waals surface area contributed by atoms with Crippen LogP contribution in [0.3, 0.4) is 0 Å². The molecule has 7 heteroatoms. The molecule has 1 aliphatic heterocycles. The van der Waals surface area contributed by atoms with E-state index in [1.54, 1.807) is 31.2 Å². The number of rotatable bonds is 6. The van der Waals surface area contributed by atoms with Crippen molar-refractivity contribution in [1.29, 1.82) is 0 Å². The number of carbonyl (C=O) groups is 3. The third kappa shape index (κ3) is 5.06. The predicted octanol–water partition coefficient (Wildman–Crippen LogP) is 0.999. The molecule has 1 aromatic rings. The summed E-state index contributed by atoms with van der Waals surface area (Å²) in [6, 6.07) is 6.63. The van der Waals surface area contributed by atoms with Crippen LogP contribution >= 0.6 is 0 Å². The van der Waals surface area contributed by atoms with Crippen LogP contribution in [-0.4, -0.2) is 48.9 Å². The molecule has 1 heterocycles. The third-order valence-electron chi connectivity index (χ3n) is 4.00. The molecule has 1 aromatic carbocycles. The van der Waals surface area contributed by atoms with Crippen molar-refractivity contribution < 1.29 is 19.1 Å². The average molecular weight is 333 g/mol. The van der Waals surface area contributed by atoms with E-state index in [4.69, 9.17) is 10.5 Å². The fourth-order valence-electron chi connectivity index (χ4n) is 2.72. The van der Waals surface area contributed by atoms with Crippen molar-refractivity contribution in [3.8, 4) is 0 Å². The Kier molecular flexibility index (Phi) is 6.31. The molecular formula is C17H23N3O4. The van der Waals surface area contributed by atoms with Crippen LogP contribution in [0.2, 0.25) is 0 Å². The van der Waals surface area contributed by atoms with Gasteiger partial charge in [0.2, 0.25) is 11.8 Å². The van der Waals surface area contributed by atoms with Crippen molar-refractivity contribution in [2.75, 3.05) is 31.6 Å². The van der Waals surface area contributed by atoms with Crippen LogP contribution in [0.1, 0.15) is 30.1 Å². The Morgan fingerprint density at radius 3 is 2.38 bits per heavy atom. The highest BCUT2D eigenvalue weighted by molar-refractivity contribution is 5.94. The molecule has 0 aliphatic carbocycles. The molecule has 0 unspecified atom stereocenters. The summed E-state index contributed by atoms with van der Waals surface area (Å²) < 4.78 is 4.92. The number of esters is 1. The summed E-state index contributed by atoms with van der Waals surface area (Å²) in [5.74, 6) is -0.853. The molecule has 24 heavy (non-hydrogen) atoms. The molecule has 0 aromatic heterocycles. The van der Waals surface area contributed by atoms with Crippen LogP contribution in [0.5, 0.6) is 0 Å². The maximum Gasteiger partial charge on any atom is 0.338 e. The van der Waals surface area contributed by atoms with Crippen molar-refractivity contribution in [2.45, 2.75) is 19.8 Å². The van der Waals surface area contributed by atoms with E-state index < -0.39 is 0 Å². The summed E-state index contributed by atoms with van der Waals surface area (Å²) in [4.78, 5) is 36.8. The topological polar surface area (TPSA) is 102 Å². The first-order chi connectivity index (χ1) is 11.5. The van der Waals surface area contributed by atoms with E-state index in [0.717, 1.165) is 0 Å². The van der Waals surface area contributed by atoms with Crippen molar-refractivity contribution in [2.24, 2.45) is 11.7 Å². The maximum atomic E-state index is 12.3. The molecule has 1 saturated heterocycles. The molecule has 0 spiro atoms. The number of anilines is 1. The standard InChI is InChI=1S/C17H23N3O4/c1-2-24-17(23)13-3-5-14(6-4-13)19-16(22)12-7-9-20(10-8-12)11-15(18)21/h3-6,12H,2,7-11H2,1H3,(H2,18,21)(H,19,22). The Labute approximate surface area is 141 Å². The third-order valence-corrected chi connectivity index (χ3v) is 4.00. The number of amides is 2. The Morgan fingerprint density at radius 1 is 1.21 bits per heavy atom. The SMILES string of the molecule is CCOC(=O)c1ccc(NC(=O)C2CCN(CC(N)=O)CC2)cc1. The van der Waals surface area contributed by atoms with Gasteiger partial charge >= 0.3 is 5.97 Å². The minimum Gasteiger partial charge on any atom is -0.462 e. The van der Waals surface area contributed by atoms with Crippen molar-refractivity contribution >= 4 is 23.5 Å². The number of primary amides is 1. The number of likely N-dealkylation sites (tertiary alicyclic amines) is 1. The van der Waals surface area contributed by atoms with Gasteiger partial charge in [-0.05, 0) is 57.1 Å². The van der Waals surface area contributed by atoms with Gasteiger partial charge in [-0.1, -0.05) is 0 Å². The minimum atomic E-state index is -0.378. The number of hydrogen-bond acceptors (Lipinski definition) is 5. The summed E-state index contributed by atoms with van der Waals surface area (Å²) in [5, 5.41) is 2.86. The summed E-state index contributed by atoms with van der Waals surface area (Å²) in [6.07, 6.45) is 1.39. The number of hydrogen-bond donors (Lipinski definition) is 2. The average Bonchev–Trinajstić information content (AvgIpc) is 2.56. The van der Waals surface area contributed by atoms with E-state index in [1.807, 2.05) is 4.90 Å². The van der Waals surface area contributed by atoms with Crippen LogP contribution in [0.4, 0.5) is 5.69 Å². The second kappa shape index (κ2) is 8.44. The highest BCUT2D eigenvalue weighted by Crippen LogP contribution is 2.19. The van der Waals surface area contributed by atoms with Crippen LogP contribution < -0.4 is 11.1 Å². The Bertz CT molecular complexity index is 592. The largest absolute Gasteiger partial charge is 0.462 e. The van der Waals surface area contributed by atoms with Crippen LogP contribution in [-0.2, 0) is 14.3 Å². The van der Waals surface area contributed by atoms with Crippen molar-refractivity contribution in [3.63, 3.8) is 0 Å². The number of piperidine rings is 1. The summed E-state index contributed by atoms with van der Waals surface area (Å²) in [5.41, 5.74) is 6.28. The van der Waals surface area contributed by atoms with E-state index in [1.165, 1.54) is 0 Å². The summed E-state index contributed by atoms with van der Waals surface area (Å²) >= 11 is 0. The molecule has 1 aliphatic rings. The Morgan fingerprint density at radius 2 is 1.83 bits per heavy atom. The molecule has 2 rings (SSSR count). The molecule has 0 atom stereocenters. The number of nitrogens with zero attached hydrogens (tertiary/aromatic N) is 1.